The van der Waals surface area contributed by atoms with E-state index in [4.69, 9.17) is 4.74 Å². The maximum atomic E-state index is 13.0. The number of nitrogens with one attached hydrogen (secondary N) is 2. The number of aromatic nitrogens is 1. The molecule has 1 heterocycles. The van der Waals surface area contributed by atoms with E-state index in [1.54, 1.807) is 55.5 Å². The van der Waals surface area contributed by atoms with Gasteiger partial charge in [0.25, 0.3) is 5.91 Å². The molecule has 0 unspecified atom stereocenters. The summed E-state index contributed by atoms with van der Waals surface area (Å²) in [5.74, 6) is -1.32. The second-order valence-corrected chi connectivity index (χ2v) is 5.78. The Hall–Kier alpha value is -3.74. The van der Waals surface area contributed by atoms with Gasteiger partial charge in [0.05, 0.1) is 17.9 Å². The number of carbonyl (C=O) groups is 2. The molecule has 6 nitrogen and oxygen atoms in total. The molecular formula is C21H18FN3O3. The molecule has 0 aliphatic rings. The molecule has 0 radical (unpaired) electrons. The second kappa shape index (κ2) is 8.77. The lowest BCUT2D eigenvalue weighted by Crippen LogP contribution is -2.17. The van der Waals surface area contributed by atoms with E-state index in [0.29, 0.717) is 17.1 Å². The number of rotatable bonds is 6. The van der Waals surface area contributed by atoms with Gasteiger partial charge in [-0.15, -0.1) is 0 Å². The van der Waals surface area contributed by atoms with E-state index < -0.39 is 11.9 Å². The minimum Gasteiger partial charge on any atom is -0.462 e. The van der Waals surface area contributed by atoms with Gasteiger partial charge in [-0.05, 0) is 55.5 Å². The molecule has 0 fully saturated rings. The van der Waals surface area contributed by atoms with Crippen LogP contribution in [0.2, 0.25) is 0 Å². The highest BCUT2D eigenvalue weighted by Gasteiger charge is 2.15. The summed E-state index contributed by atoms with van der Waals surface area (Å²) in [6, 6.07) is 15.7. The van der Waals surface area contributed by atoms with Crippen LogP contribution in [0.3, 0.4) is 0 Å². The van der Waals surface area contributed by atoms with Crippen molar-refractivity contribution in [3.05, 3.63) is 83.9 Å². The van der Waals surface area contributed by atoms with Gasteiger partial charge in [-0.3, -0.25) is 9.78 Å². The van der Waals surface area contributed by atoms with E-state index in [0.717, 1.165) is 0 Å². The topological polar surface area (TPSA) is 80.3 Å². The van der Waals surface area contributed by atoms with Gasteiger partial charge in [0, 0.05) is 17.6 Å². The van der Waals surface area contributed by atoms with Crippen LogP contribution >= 0.6 is 0 Å². The fraction of sp³-hybridized carbons (Fsp3) is 0.0952. The SMILES string of the molecule is CCOC(=O)c1ccccc1NC(=O)c1cc(Nc2ccc(F)cc2)ccn1. The van der Waals surface area contributed by atoms with Crippen LogP contribution in [-0.4, -0.2) is 23.5 Å². The normalized spacial score (nSPS) is 10.2. The van der Waals surface area contributed by atoms with Gasteiger partial charge in [-0.2, -0.15) is 0 Å². The van der Waals surface area contributed by atoms with Crippen molar-refractivity contribution in [2.45, 2.75) is 6.92 Å². The molecule has 0 spiro atoms. The number of carbonyl (C=O) groups excluding carboxylic acids is 2. The summed E-state index contributed by atoms with van der Waals surface area (Å²) in [5.41, 5.74) is 2.05. The number of hydrogen-bond acceptors (Lipinski definition) is 5. The quantitative estimate of drug-likeness (QED) is 0.621. The van der Waals surface area contributed by atoms with Gasteiger partial charge in [0.2, 0.25) is 0 Å². The number of hydrogen-bond donors (Lipinski definition) is 2. The Morgan fingerprint density at radius 2 is 1.79 bits per heavy atom. The van der Waals surface area contributed by atoms with Crippen molar-refractivity contribution in [2.75, 3.05) is 17.2 Å². The maximum absolute atomic E-state index is 13.0. The first-order valence-electron chi connectivity index (χ1n) is 8.63. The summed E-state index contributed by atoms with van der Waals surface area (Å²) >= 11 is 0. The van der Waals surface area contributed by atoms with Crippen molar-refractivity contribution in [1.29, 1.82) is 0 Å². The third-order valence-corrected chi connectivity index (χ3v) is 3.80. The molecule has 142 valence electrons. The standard InChI is InChI=1S/C21H18FN3O3/c1-2-28-21(27)17-5-3-4-6-18(17)25-20(26)19-13-16(11-12-23-19)24-15-9-7-14(22)8-10-15/h3-13H,2H2,1H3,(H,23,24)(H,25,26). The first-order chi connectivity index (χ1) is 13.6. The molecule has 28 heavy (non-hydrogen) atoms. The Kier molecular flexibility index (Phi) is 5.96. The molecule has 3 rings (SSSR count). The Balaban J connectivity index is 1.77. The fourth-order valence-corrected chi connectivity index (χ4v) is 2.50. The molecule has 0 atom stereocenters. The molecular weight excluding hydrogens is 361 g/mol. The Morgan fingerprint density at radius 1 is 1.04 bits per heavy atom. The lowest BCUT2D eigenvalue weighted by atomic mass is 10.1. The van der Waals surface area contributed by atoms with Crippen molar-refractivity contribution in [1.82, 2.24) is 4.98 Å². The van der Waals surface area contributed by atoms with E-state index in [2.05, 4.69) is 15.6 Å². The number of benzene rings is 2. The fourth-order valence-electron chi connectivity index (χ4n) is 2.50. The molecule has 3 aromatic rings. The van der Waals surface area contributed by atoms with E-state index in [9.17, 15) is 14.0 Å². The number of nitrogens with zero attached hydrogens (tertiary/aromatic N) is 1. The highest BCUT2D eigenvalue weighted by molar-refractivity contribution is 6.07. The summed E-state index contributed by atoms with van der Waals surface area (Å²) in [4.78, 5) is 28.7. The number of halogens is 1. The number of anilines is 3. The Morgan fingerprint density at radius 3 is 2.54 bits per heavy atom. The third kappa shape index (κ3) is 4.70. The molecule has 0 saturated heterocycles. The second-order valence-electron chi connectivity index (χ2n) is 5.78. The molecule has 2 aromatic carbocycles. The van der Waals surface area contributed by atoms with Crippen molar-refractivity contribution >= 4 is 28.9 Å². The predicted octanol–water partition coefficient (Wildman–Crippen LogP) is 4.39. The van der Waals surface area contributed by atoms with Crippen LogP contribution in [0.15, 0.2) is 66.9 Å². The average Bonchev–Trinajstić information content (AvgIpc) is 2.70. The Bertz CT molecular complexity index is 990. The minimum atomic E-state index is -0.516. The smallest absolute Gasteiger partial charge is 0.340 e. The van der Waals surface area contributed by atoms with Crippen LogP contribution in [0.5, 0.6) is 0 Å². The summed E-state index contributed by atoms with van der Waals surface area (Å²) < 4.78 is 18.0. The third-order valence-electron chi connectivity index (χ3n) is 3.80. The zero-order valence-electron chi connectivity index (χ0n) is 15.1. The van der Waals surface area contributed by atoms with Gasteiger partial charge < -0.3 is 15.4 Å². The molecule has 1 aromatic heterocycles. The first kappa shape index (κ1) is 19.0. The molecule has 0 saturated carbocycles. The van der Waals surface area contributed by atoms with Crippen LogP contribution in [0.1, 0.15) is 27.8 Å². The van der Waals surface area contributed by atoms with Gasteiger partial charge in [0.1, 0.15) is 11.5 Å². The number of ether oxygens (including phenoxy) is 1. The molecule has 0 aliphatic heterocycles. The van der Waals surface area contributed by atoms with Gasteiger partial charge >= 0.3 is 5.97 Å². The van der Waals surface area contributed by atoms with Crippen molar-refractivity contribution in [3.8, 4) is 0 Å². The monoisotopic (exact) mass is 379 g/mol. The predicted molar refractivity (Wildman–Crippen MR) is 104 cm³/mol. The van der Waals surface area contributed by atoms with Crippen LogP contribution in [0.4, 0.5) is 21.5 Å². The average molecular weight is 379 g/mol. The van der Waals surface area contributed by atoms with Crippen LogP contribution < -0.4 is 10.6 Å². The van der Waals surface area contributed by atoms with E-state index in [1.807, 2.05) is 0 Å². The zero-order chi connectivity index (χ0) is 19.9. The highest BCUT2D eigenvalue weighted by Crippen LogP contribution is 2.20. The van der Waals surface area contributed by atoms with E-state index in [1.165, 1.54) is 18.3 Å². The van der Waals surface area contributed by atoms with Gasteiger partial charge in [0.15, 0.2) is 0 Å². The van der Waals surface area contributed by atoms with Crippen molar-refractivity contribution in [3.63, 3.8) is 0 Å². The number of amides is 1. The summed E-state index contributed by atoms with van der Waals surface area (Å²) in [5, 5.41) is 5.76. The van der Waals surface area contributed by atoms with Gasteiger partial charge in [-0.1, -0.05) is 12.1 Å². The molecule has 0 bridgehead atoms. The first-order valence-corrected chi connectivity index (χ1v) is 8.63. The van der Waals surface area contributed by atoms with Crippen molar-refractivity contribution in [2.24, 2.45) is 0 Å². The number of pyridine rings is 1. The molecule has 1 amide bonds. The highest BCUT2D eigenvalue weighted by atomic mass is 19.1. The lowest BCUT2D eigenvalue weighted by Gasteiger charge is -2.11. The zero-order valence-corrected chi connectivity index (χ0v) is 15.1. The number of esters is 1. The summed E-state index contributed by atoms with van der Waals surface area (Å²) in [7, 11) is 0. The van der Waals surface area contributed by atoms with Crippen LogP contribution in [0.25, 0.3) is 0 Å². The molecule has 0 aliphatic carbocycles. The van der Waals surface area contributed by atoms with Gasteiger partial charge in [-0.25, -0.2) is 9.18 Å². The summed E-state index contributed by atoms with van der Waals surface area (Å²) in [6.45, 7) is 1.95. The van der Waals surface area contributed by atoms with Crippen LogP contribution in [-0.2, 0) is 4.74 Å². The largest absolute Gasteiger partial charge is 0.462 e. The molecule has 7 heteroatoms. The molecule has 2 N–H and O–H groups in total. The van der Waals surface area contributed by atoms with Crippen LogP contribution in [0, 0.1) is 5.82 Å². The van der Waals surface area contributed by atoms with Crippen molar-refractivity contribution < 1.29 is 18.7 Å². The maximum Gasteiger partial charge on any atom is 0.340 e. The Labute approximate surface area is 161 Å². The number of para-hydroxylation sites is 1. The van der Waals surface area contributed by atoms with E-state index >= 15 is 0 Å². The minimum absolute atomic E-state index is 0.158. The summed E-state index contributed by atoms with van der Waals surface area (Å²) in [6.07, 6.45) is 1.48. The van der Waals surface area contributed by atoms with E-state index in [-0.39, 0.29) is 23.7 Å². The lowest BCUT2D eigenvalue weighted by molar-refractivity contribution is 0.0527.